The van der Waals surface area contributed by atoms with E-state index in [-0.39, 0.29) is 34.1 Å². The van der Waals surface area contributed by atoms with Crippen LogP contribution in [-0.2, 0) is 107 Å². The zero-order valence-electron chi connectivity index (χ0n) is 16.3. The molecule has 10 N–H and O–H groups in total. The van der Waals surface area contributed by atoms with E-state index in [4.69, 9.17) is 51.8 Å². The van der Waals surface area contributed by atoms with Crippen molar-refractivity contribution in [3.8, 4) is 0 Å². The molecule has 0 saturated carbocycles. The molecule has 0 spiro atoms. The van der Waals surface area contributed by atoms with E-state index in [1.165, 1.54) is 0 Å². The average Bonchev–Trinajstić information content (AvgIpc) is 2.82. The van der Waals surface area contributed by atoms with Gasteiger partial charge in [0.15, 0.2) is 0 Å². The topological polar surface area (TPSA) is 419 Å². The van der Waals surface area contributed by atoms with E-state index in [1.54, 1.807) is 0 Å². The maximum atomic E-state index is 9.44. The zero-order valence-corrected chi connectivity index (χ0v) is 18.5. The minimum atomic E-state index is -1.82. The first-order chi connectivity index (χ1) is 15.9. The van der Waals surface area contributed by atoms with Gasteiger partial charge in [-0.1, -0.05) is 0 Å². The average molecular weight is 642 g/mol. The normalized spacial score (nSPS) is 7.16. The molecule has 216 valence electrons. The monoisotopic (exact) mass is 642 g/mol. The standard InChI is InChI=1S/5C2H2O5.2Fe/c5*3-1(4)2(5)7-6;;/h5*6H,(H,3,4);;. The quantitative estimate of drug-likeness (QED) is 0.0391. The largest absolute Gasteiger partial charge is 0.473 e. The van der Waals surface area contributed by atoms with Crippen molar-refractivity contribution in [2.75, 3.05) is 0 Å². The number of hydrogen-bond acceptors (Lipinski definition) is 20. The summed E-state index contributed by atoms with van der Waals surface area (Å²) in [5.74, 6) is -17.5. The van der Waals surface area contributed by atoms with Crippen molar-refractivity contribution in [3.05, 3.63) is 0 Å². The van der Waals surface area contributed by atoms with Crippen molar-refractivity contribution >= 4 is 59.7 Å². The fourth-order valence-corrected chi connectivity index (χ4v) is 0.195. The molecule has 0 rings (SSSR count). The van der Waals surface area contributed by atoms with Gasteiger partial charge in [0.05, 0.1) is 0 Å². The van der Waals surface area contributed by atoms with Crippen LogP contribution in [0.4, 0.5) is 0 Å². The molecule has 0 atom stereocenters. The van der Waals surface area contributed by atoms with E-state index < -0.39 is 59.7 Å². The second-order valence-corrected chi connectivity index (χ2v) is 3.42. The van der Waals surface area contributed by atoms with Gasteiger partial charge in [0.1, 0.15) is 0 Å². The van der Waals surface area contributed by atoms with Gasteiger partial charge in [-0.15, -0.1) is 0 Å². The van der Waals surface area contributed by atoms with Crippen LogP contribution in [0.1, 0.15) is 0 Å². The maximum Gasteiger partial charge on any atom is 0.449 e. The predicted octanol–water partition coefficient (Wildman–Crippen LogP) is -4.57. The van der Waals surface area contributed by atoms with Crippen LogP contribution in [0.3, 0.4) is 0 Å². The van der Waals surface area contributed by atoms with Gasteiger partial charge < -0.3 is 25.5 Å². The van der Waals surface area contributed by atoms with Crippen LogP contribution in [0.15, 0.2) is 0 Å². The van der Waals surface area contributed by atoms with Crippen LogP contribution in [0.25, 0.3) is 0 Å². The molecule has 0 fully saturated rings. The van der Waals surface area contributed by atoms with E-state index >= 15 is 0 Å². The Hall–Kier alpha value is -4.46. The molecule has 0 saturated heterocycles. The fraction of sp³-hybridized carbons (Fsp3) is 0. The summed E-state index contributed by atoms with van der Waals surface area (Å²) in [6.45, 7) is 0. The molecular weight excluding hydrogens is 632 g/mol. The van der Waals surface area contributed by atoms with Crippen molar-refractivity contribution in [2.24, 2.45) is 0 Å². The minimum Gasteiger partial charge on any atom is -0.473 e. The number of aliphatic carboxylic acids is 5. The number of carboxylic acid groups (broad SMARTS) is 5. The summed E-state index contributed by atoms with van der Waals surface area (Å²) in [5.41, 5.74) is 0. The van der Waals surface area contributed by atoms with Gasteiger partial charge in [-0.2, -0.15) is 26.3 Å². The van der Waals surface area contributed by atoms with Crippen LogP contribution < -0.4 is 0 Å². The minimum absolute atomic E-state index is 0. The molecule has 0 aliphatic heterocycles. The molecule has 0 aromatic rings. The molecule has 0 aromatic heterocycles. The summed E-state index contributed by atoms with van der Waals surface area (Å²) in [6, 6.07) is 0. The Labute approximate surface area is 218 Å². The first-order valence-electron chi connectivity index (χ1n) is 6.34. The first kappa shape index (κ1) is 49.6. The van der Waals surface area contributed by atoms with Crippen LogP contribution in [0, 0.1) is 0 Å². The number of rotatable bonds is 0. The second-order valence-electron chi connectivity index (χ2n) is 3.42. The van der Waals surface area contributed by atoms with Gasteiger partial charge in [-0.3, -0.25) is 24.4 Å². The summed E-state index contributed by atoms with van der Waals surface area (Å²) in [6.07, 6.45) is 0. The third kappa shape index (κ3) is 42.2. The van der Waals surface area contributed by atoms with Crippen LogP contribution in [-0.4, -0.2) is 112 Å². The molecule has 0 aromatic carbocycles. The predicted molar refractivity (Wildman–Crippen MR) is 81.8 cm³/mol. The van der Waals surface area contributed by atoms with Crippen molar-refractivity contribution in [1.29, 1.82) is 0 Å². The van der Waals surface area contributed by atoms with E-state index in [0.29, 0.717) is 0 Å². The Bertz CT molecular complexity index is 633. The third-order valence-corrected chi connectivity index (χ3v) is 1.29. The number of carbonyl (C=O) groups excluding carboxylic acids is 5. The Morgan fingerprint density at radius 1 is 0.297 bits per heavy atom. The molecule has 27 heteroatoms. The van der Waals surface area contributed by atoms with Crippen molar-refractivity contribution in [1.82, 2.24) is 0 Å². The zero-order chi connectivity index (χ0) is 29.3. The summed E-state index contributed by atoms with van der Waals surface area (Å²) in [7, 11) is 0. The number of carbonyl (C=O) groups is 10. The van der Waals surface area contributed by atoms with Crippen LogP contribution in [0.5, 0.6) is 0 Å². The van der Waals surface area contributed by atoms with E-state index in [9.17, 15) is 47.9 Å². The Morgan fingerprint density at radius 3 is 0.378 bits per heavy atom. The Balaban J connectivity index is -0.0000000600. The van der Waals surface area contributed by atoms with Gasteiger partial charge in [0.2, 0.25) is 0 Å². The second kappa shape index (κ2) is 31.5. The number of carboxylic acids is 5. The Morgan fingerprint density at radius 2 is 0.378 bits per heavy atom. The van der Waals surface area contributed by atoms with Gasteiger partial charge >= 0.3 is 59.7 Å². The number of hydrogen-bond donors (Lipinski definition) is 10. The molecule has 0 unspecified atom stereocenters. The molecule has 0 bridgehead atoms. The fourth-order valence-electron chi connectivity index (χ4n) is 0.195. The van der Waals surface area contributed by atoms with Gasteiger partial charge in [-0.05, 0) is 0 Å². The first-order valence-corrected chi connectivity index (χ1v) is 6.34. The van der Waals surface area contributed by atoms with E-state index in [0.717, 1.165) is 0 Å². The van der Waals surface area contributed by atoms with Crippen LogP contribution >= 0.6 is 0 Å². The molecule has 0 radical (unpaired) electrons. The van der Waals surface area contributed by atoms with Crippen LogP contribution in [0.2, 0.25) is 0 Å². The van der Waals surface area contributed by atoms with Gasteiger partial charge in [0, 0.05) is 34.1 Å². The molecule has 0 heterocycles. The maximum absolute atomic E-state index is 9.44. The summed E-state index contributed by atoms with van der Waals surface area (Å²) >= 11 is 0. The smallest absolute Gasteiger partial charge is 0.449 e. The van der Waals surface area contributed by atoms with E-state index in [2.05, 4.69) is 24.4 Å². The van der Waals surface area contributed by atoms with Crippen molar-refractivity contribution in [2.45, 2.75) is 0 Å². The SMILES string of the molecule is O=C(O)C(=O)OO.O=C(O)C(=O)OO.O=C(O)C(=O)OO.O=C(O)C(=O)OO.O=C(O)C(=O)OO.[Fe].[Fe]. The third-order valence-electron chi connectivity index (χ3n) is 1.29. The molecular formula is C10H10Fe2O25. The van der Waals surface area contributed by atoms with Gasteiger partial charge in [-0.25, -0.2) is 47.9 Å². The molecule has 25 nitrogen and oxygen atoms in total. The summed E-state index contributed by atoms with van der Waals surface area (Å²) in [5, 5.41) is 74.1. The molecule has 37 heavy (non-hydrogen) atoms. The van der Waals surface area contributed by atoms with E-state index in [1.807, 2.05) is 0 Å². The summed E-state index contributed by atoms with van der Waals surface area (Å²) < 4.78 is 0. The Kier molecular flexibility index (Phi) is 42.3. The molecule has 0 aliphatic carbocycles. The summed E-state index contributed by atoms with van der Waals surface area (Å²) in [4.78, 5) is 108. The molecule has 0 aliphatic rings. The molecule has 0 amide bonds. The van der Waals surface area contributed by atoms with Crippen molar-refractivity contribution < 1.29 is 158 Å². The van der Waals surface area contributed by atoms with Crippen molar-refractivity contribution in [3.63, 3.8) is 0 Å². The van der Waals surface area contributed by atoms with Gasteiger partial charge in [0.25, 0.3) is 0 Å².